The fourth-order valence-corrected chi connectivity index (χ4v) is 5.58. The topological polar surface area (TPSA) is 313 Å². The number of benzene rings is 1. The zero-order valence-corrected chi connectivity index (χ0v) is 40.0. The van der Waals surface area contributed by atoms with Crippen LogP contribution in [0.2, 0.25) is 0 Å². The van der Waals surface area contributed by atoms with Crippen molar-refractivity contribution in [1.82, 2.24) is 0 Å². The van der Waals surface area contributed by atoms with E-state index in [2.05, 4.69) is 40.6 Å². The summed E-state index contributed by atoms with van der Waals surface area (Å²) < 4.78 is 52.3. The highest BCUT2D eigenvalue weighted by Crippen LogP contribution is 2.22. The van der Waals surface area contributed by atoms with Crippen LogP contribution in [0.1, 0.15) is 91.5 Å². The summed E-state index contributed by atoms with van der Waals surface area (Å²) in [5.41, 5.74) is -0.106. The molecule has 23 heteroatoms. The first kappa shape index (κ1) is 59.7. The Labute approximate surface area is 404 Å². The molecule has 23 nitrogen and oxygen atoms in total. The summed E-state index contributed by atoms with van der Waals surface area (Å²) in [5, 5.41) is 18.1. The number of aliphatic hydroxyl groups excluding tert-OH is 2. The number of carbonyl (C=O) groups excluding carboxylic acids is 10. The van der Waals surface area contributed by atoms with E-state index in [-0.39, 0.29) is 44.1 Å². The summed E-state index contributed by atoms with van der Waals surface area (Å²) in [6.07, 6.45) is 5.14. The number of hydrogen-bond acceptors (Lipinski definition) is 23. The largest absolute Gasteiger partial charge is 0.466 e. The first-order valence-corrected chi connectivity index (χ1v) is 22.6. The molecule has 70 heavy (non-hydrogen) atoms. The van der Waals surface area contributed by atoms with Crippen molar-refractivity contribution in [2.45, 2.75) is 123 Å². The summed E-state index contributed by atoms with van der Waals surface area (Å²) in [4.78, 5) is 107. The summed E-state index contributed by atoms with van der Waals surface area (Å²) in [7, 11) is 0. The molecule has 6 aliphatic rings. The number of esters is 10. The van der Waals surface area contributed by atoms with E-state index in [9.17, 15) is 47.9 Å². The smallest absolute Gasteiger partial charge is 0.347 e. The highest BCUT2D eigenvalue weighted by atomic mass is 16.7. The Balaban J connectivity index is 0.000000296. The van der Waals surface area contributed by atoms with Crippen molar-refractivity contribution in [1.29, 1.82) is 0 Å². The van der Waals surface area contributed by atoms with Crippen LogP contribution in [0.4, 0.5) is 0 Å². The number of rotatable bonds is 8. The van der Waals surface area contributed by atoms with Gasteiger partial charge in [-0.05, 0) is 71.8 Å². The Bertz CT molecular complexity index is 1800. The average molecular weight is 997 g/mol. The lowest BCUT2D eigenvalue weighted by atomic mass is 9.93. The zero-order chi connectivity index (χ0) is 52.1. The van der Waals surface area contributed by atoms with E-state index in [1.54, 1.807) is 0 Å². The van der Waals surface area contributed by atoms with Crippen molar-refractivity contribution in [3.05, 3.63) is 48.0 Å². The van der Waals surface area contributed by atoms with Gasteiger partial charge in [-0.15, -0.1) is 0 Å². The second-order valence-electron chi connectivity index (χ2n) is 16.2. The molecular weight excluding hydrogens is 932 g/mol. The molecule has 5 saturated heterocycles. The van der Waals surface area contributed by atoms with Crippen LogP contribution >= 0.6 is 0 Å². The lowest BCUT2D eigenvalue weighted by Crippen LogP contribution is -2.40. The molecule has 1 aromatic rings. The third kappa shape index (κ3) is 24.2. The SMILES string of the molecule is CC(CO)(CO)C(=O)OC1CCOC(=O)CC1.CC1OC(=O)C(C)OC1=O.C[C@H]1OC(=O)[C@@H](C)OC1=O.O=C1CC=CCCO1.O=C1CCC(COCc2ccccc2)CCO1.O=C1COC(=O)CO1. The number of aliphatic hydroxyl groups is 2. The van der Waals surface area contributed by atoms with Crippen molar-refractivity contribution in [3.8, 4) is 0 Å². The van der Waals surface area contributed by atoms with Crippen molar-refractivity contribution in [2.75, 3.05) is 52.9 Å². The maximum Gasteiger partial charge on any atom is 0.347 e. The molecule has 6 aliphatic heterocycles. The molecule has 5 fully saturated rings. The molecule has 0 bridgehead atoms. The van der Waals surface area contributed by atoms with Crippen LogP contribution in [0.3, 0.4) is 0 Å². The molecule has 1 aromatic carbocycles. The summed E-state index contributed by atoms with van der Waals surface area (Å²) in [6, 6.07) is 10.1. The molecule has 2 N–H and O–H groups in total. The first-order valence-electron chi connectivity index (χ1n) is 22.6. The Kier molecular flexibility index (Phi) is 27.6. The van der Waals surface area contributed by atoms with Gasteiger partial charge in [-0.1, -0.05) is 42.5 Å². The van der Waals surface area contributed by atoms with Crippen LogP contribution in [-0.4, -0.2) is 153 Å². The third-order valence-corrected chi connectivity index (χ3v) is 10.0. The number of hydrogen-bond donors (Lipinski definition) is 2. The second kappa shape index (κ2) is 32.4. The Morgan fingerprint density at radius 1 is 0.586 bits per heavy atom. The molecule has 6 heterocycles. The normalized spacial score (nSPS) is 24.2. The lowest BCUT2D eigenvalue weighted by molar-refractivity contribution is -0.191. The summed E-state index contributed by atoms with van der Waals surface area (Å²) in [6.45, 7) is 8.58. The molecule has 6 atom stereocenters. The minimum absolute atomic E-state index is 0.0736. The van der Waals surface area contributed by atoms with Crippen LogP contribution in [0.5, 0.6) is 0 Å². The van der Waals surface area contributed by atoms with Gasteiger partial charge in [0.05, 0.1) is 46.1 Å². The van der Waals surface area contributed by atoms with Gasteiger partial charge in [0, 0.05) is 25.9 Å². The third-order valence-electron chi connectivity index (χ3n) is 10.0. The summed E-state index contributed by atoms with van der Waals surface area (Å²) in [5.74, 6) is -3.57. The molecule has 4 unspecified atom stereocenters. The predicted octanol–water partition coefficient (Wildman–Crippen LogP) is 1.86. The fourth-order valence-electron chi connectivity index (χ4n) is 5.58. The molecule has 7 rings (SSSR count). The lowest BCUT2D eigenvalue weighted by Gasteiger charge is -2.25. The minimum Gasteiger partial charge on any atom is -0.466 e. The number of ether oxygens (including phenoxy) is 11. The van der Waals surface area contributed by atoms with E-state index >= 15 is 0 Å². The zero-order valence-electron chi connectivity index (χ0n) is 40.0. The van der Waals surface area contributed by atoms with Gasteiger partial charge >= 0.3 is 59.7 Å². The minimum atomic E-state index is -1.29. The van der Waals surface area contributed by atoms with E-state index in [4.69, 9.17) is 33.9 Å². The standard InChI is InChI=1S/C14H18O3.C11H18O6.2C6H8O4.C6H8O2.C4H4O4/c15-14-7-6-13(8-9-17-14)11-16-10-12-4-2-1-3-5-12;1-11(6-12,7-13)10(15)17-8-2-3-9(14)16-5-4-8;2*1-3-5(7)10-4(2)6(8)9-3;7-6-4-2-1-3-5-8-6;5-3-1-7-4(6)2-8-3/h1-5,13H,6-11H2;8,12-13H,2-7H2,1H3;2*3-4H,1-2H3;1-2H,3-5H2;1-2H2/t;;3-,4-;;;/m..1.../s1. The molecule has 0 radical (unpaired) electrons. The van der Waals surface area contributed by atoms with Gasteiger partial charge in [-0.25, -0.2) is 28.8 Å². The van der Waals surface area contributed by atoms with Gasteiger partial charge in [-0.2, -0.15) is 0 Å². The van der Waals surface area contributed by atoms with Gasteiger partial charge in [0.25, 0.3) is 0 Å². The Morgan fingerprint density at radius 3 is 1.54 bits per heavy atom. The molecule has 390 valence electrons. The molecule has 0 amide bonds. The van der Waals surface area contributed by atoms with Gasteiger partial charge < -0.3 is 62.3 Å². The highest BCUT2D eigenvalue weighted by Gasteiger charge is 2.36. The highest BCUT2D eigenvalue weighted by molar-refractivity contribution is 5.87. The van der Waals surface area contributed by atoms with Crippen molar-refractivity contribution >= 4 is 59.7 Å². The van der Waals surface area contributed by atoms with Crippen LogP contribution < -0.4 is 0 Å². The van der Waals surface area contributed by atoms with Crippen molar-refractivity contribution in [3.63, 3.8) is 0 Å². The van der Waals surface area contributed by atoms with Crippen LogP contribution in [0.15, 0.2) is 42.5 Å². The number of carbonyl (C=O) groups is 10. The van der Waals surface area contributed by atoms with Gasteiger partial charge in [-0.3, -0.25) is 19.2 Å². The molecule has 0 spiro atoms. The van der Waals surface area contributed by atoms with E-state index in [0.717, 1.165) is 19.3 Å². The Morgan fingerprint density at radius 2 is 1.06 bits per heavy atom. The van der Waals surface area contributed by atoms with Crippen LogP contribution in [-0.2, 0) is 107 Å². The van der Waals surface area contributed by atoms with E-state index < -0.39 is 90.9 Å². The second-order valence-corrected chi connectivity index (χ2v) is 16.2. The monoisotopic (exact) mass is 996 g/mol. The number of cyclic esters (lactones) is 9. The molecular formula is C47H64O23. The first-order chi connectivity index (χ1) is 33.3. The average Bonchev–Trinajstić information content (AvgIpc) is 3.81. The molecule has 0 saturated carbocycles. The summed E-state index contributed by atoms with van der Waals surface area (Å²) >= 11 is 0. The van der Waals surface area contributed by atoms with Crippen molar-refractivity contribution < 1.29 is 110 Å². The van der Waals surface area contributed by atoms with E-state index in [0.29, 0.717) is 58.0 Å². The molecule has 0 aromatic heterocycles. The molecule has 0 aliphatic carbocycles. The Hall–Kier alpha value is -6.46. The maximum atomic E-state index is 11.7. The van der Waals surface area contributed by atoms with Gasteiger partial charge in [0.1, 0.15) is 11.5 Å². The quantitative estimate of drug-likeness (QED) is 0.213. The van der Waals surface area contributed by atoms with E-state index in [1.807, 2.05) is 30.4 Å². The van der Waals surface area contributed by atoms with Gasteiger partial charge in [0.15, 0.2) is 37.6 Å². The fraction of sp³-hybridized carbons (Fsp3) is 0.617. The van der Waals surface area contributed by atoms with Crippen LogP contribution in [0, 0.1) is 11.3 Å². The van der Waals surface area contributed by atoms with Crippen LogP contribution in [0.25, 0.3) is 0 Å². The van der Waals surface area contributed by atoms with Crippen molar-refractivity contribution in [2.24, 2.45) is 11.3 Å². The van der Waals surface area contributed by atoms with E-state index in [1.165, 1.54) is 40.2 Å². The predicted molar refractivity (Wildman–Crippen MR) is 235 cm³/mol. The maximum absolute atomic E-state index is 11.7. The van der Waals surface area contributed by atoms with Gasteiger partial charge in [0.2, 0.25) is 0 Å².